The van der Waals surface area contributed by atoms with Gasteiger partial charge in [0, 0.05) is 10.6 Å². The van der Waals surface area contributed by atoms with Gasteiger partial charge in [-0.15, -0.1) is 0 Å². The predicted octanol–water partition coefficient (Wildman–Crippen LogP) is 3.08. The fourth-order valence-electron chi connectivity index (χ4n) is 0.886. The molecule has 0 amide bonds. The van der Waals surface area contributed by atoms with Crippen molar-refractivity contribution in [2.24, 2.45) is 5.16 Å². The van der Waals surface area contributed by atoms with Crippen LogP contribution < -0.4 is 0 Å². The van der Waals surface area contributed by atoms with Gasteiger partial charge in [0.15, 0.2) is 5.71 Å². The Morgan fingerprint density at radius 3 is 2.07 bits per heavy atom. The van der Waals surface area contributed by atoms with E-state index in [0.717, 1.165) is 12.1 Å². The van der Waals surface area contributed by atoms with Crippen molar-refractivity contribution < 1.29 is 18.4 Å². The van der Waals surface area contributed by atoms with Gasteiger partial charge in [-0.1, -0.05) is 28.9 Å². The first-order valence-corrected chi connectivity index (χ1v) is 3.88. The molecule has 1 N–H and O–H groups in total. The van der Waals surface area contributed by atoms with Gasteiger partial charge in [-0.25, -0.2) is 0 Å². The first kappa shape index (κ1) is 10.8. The van der Waals surface area contributed by atoms with Gasteiger partial charge in [0.2, 0.25) is 0 Å². The van der Waals surface area contributed by atoms with E-state index in [-0.39, 0.29) is 5.56 Å². The molecule has 0 fully saturated rings. The lowest BCUT2D eigenvalue weighted by Gasteiger charge is -2.07. The summed E-state index contributed by atoms with van der Waals surface area (Å²) in [5, 5.41) is 10.7. The van der Waals surface area contributed by atoms with E-state index in [1.807, 2.05) is 0 Å². The fraction of sp³-hybridized carbons (Fsp3) is 0.125. The average molecular weight is 224 g/mol. The first-order chi connectivity index (χ1) is 6.45. The van der Waals surface area contributed by atoms with Gasteiger partial charge in [-0.2, -0.15) is 13.2 Å². The maximum atomic E-state index is 12.2. The summed E-state index contributed by atoms with van der Waals surface area (Å²) < 4.78 is 36.5. The smallest absolute Gasteiger partial charge is 0.410 e. The maximum Gasteiger partial charge on any atom is 0.437 e. The molecule has 76 valence electrons. The topological polar surface area (TPSA) is 32.6 Å². The van der Waals surface area contributed by atoms with E-state index in [1.165, 1.54) is 12.1 Å². The van der Waals surface area contributed by atoms with Crippen molar-refractivity contribution >= 4 is 17.3 Å². The van der Waals surface area contributed by atoms with Gasteiger partial charge in [-0.3, -0.25) is 0 Å². The Kier molecular flexibility index (Phi) is 3.00. The van der Waals surface area contributed by atoms with Crippen LogP contribution in [-0.2, 0) is 0 Å². The van der Waals surface area contributed by atoms with E-state index in [4.69, 9.17) is 16.8 Å². The minimum atomic E-state index is -4.68. The van der Waals surface area contributed by atoms with Crippen molar-refractivity contribution in [3.63, 3.8) is 0 Å². The average Bonchev–Trinajstić information content (AvgIpc) is 2.07. The minimum Gasteiger partial charge on any atom is -0.410 e. The molecule has 1 aromatic rings. The summed E-state index contributed by atoms with van der Waals surface area (Å²) in [6, 6.07) is 4.83. The van der Waals surface area contributed by atoms with Crippen LogP contribution in [0.2, 0.25) is 5.02 Å². The second-order valence-electron chi connectivity index (χ2n) is 2.45. The summed E-state index contributed by atoms with van der Waals surface area (Å²) in [6.45, 7) is 0. The minimum absolute atomic E-state index is 0.232. The molecule has 0 unspecified atom stereocenters. The van der Waals surface area contributed by atoms with Gasteiger partial charge in [0.1, 0.15) is 0 Å². The SMILES string of the molecule is O/N=C(/c1ccc(Cl)cc1)C(F)(F)F. The van der Waals surface area contributed by atoms with E-state index in [2.05, 4.69) is 5.16 Å². The van der Waals surface area contributed by atoms with Gasteiger partial charge < -0.3 is 5.21 Å². The Balaban J connectivity index is 3.10. The van der Waals surface area contributed by atoms with Crippen molar-refractivity contribution in [1.82, 2.24) is 0 Å². The normalized spacial score (nSPS) is 13.0. The highest BCUT2D eigenvalue weighted by molar-refractivity contribution is 6.30. The number of rotatable bonds is 1. The summed E-state index contributed by atoms with van der Waals surface area (Å²) in [4.78, 5) is 0. The third-order valence-corrected chi connectivity index (χ3v) is 1.74. The fourth-order valence-corrected chi connectivity index (χ4v) is 1.01. The largest absolute Gasteiger partial charge is 0.437 e. The third kappa shape index (κ3) is 2.38. The molecule has 0 aromatic heterocycles. The molecule has 0 radical (unpaired) electrons. The summed E-state index contributed by atoms with van der Waals surface area (Å²) in [5.41, 5.74) is -1.57. The Morgan fingerprint density at radius 2 is 1.71 bits per heavy atom. The van der Waals surface area contributed by atoms with Crippen molar-refractivity contribution in [2.75, 3.05) is 0 Å². The molecule has 0 saturated heterocycles. The second-order valence-corrected chi connectivity index (χ2v) is 2.89. The number of alkyl halides is 3. The number of benzene rings is 1. The lowest BCUT2D eigenvalue weighted by Crippen LogP contribution is -2.23. The summed E-state index contributed by atoms with van der Waals surface area (Å²) >= 11 is 5.49. The molecule has 0 heterocycles. The molecule has 14 heavy (non-hydrogen) atoms. The number of hydrogen-bond acceptors (Lipinski definition) is 2. The standard InChI is InChI=1S/C8H5ClF3NO/c9-6-3-1-5(2-4-6)7(13-14)8(10,11)12/h1-4,14H/b13-7-. The molecule has 0 spiro atoms. The highest BCUT2D eigenvalue weighted by Crippen LogP contribution is 2.23. The molecule has 0 bridgehead atoms. The molecule has 0 aliphatic carbocycles. The van der Waals surface area contributed by atoms with Crippen molar-refractivity contribution in [2.45, 2.75) is 6.18 Å². The van der Waals surface area contributed by atoms with Crippen LogP contribution in [0.1, 0.15) is 5.56 Å². The number of halogens is 4. The summed E-state index contributed by atoms with van der Waals surface area (Å²) in [5.74, 6) is 0. The van der Waals surface area contributed by atoms with E-state index in [0.29, 0.717) is 5.02 Å². The quantitative estimate of drug-likeness (QED) is 0.443. The number of oxime groups is 1. The van der Waals surface area contributed by atoms with Crippen LogP contribution in [0, 0.1) is 0 Å². The zero-order valence-corrected chi connectivity index (χ0v) is 7.47. The van der Waals surface area contributed by atoms with Crippen LogP contribution in [0.5, 0.6) is 0 Å². The first-order valence-electron chi connectivity index (χ1n) is 3.50. The van der Waals surface area contributed by atoms with Gasteiger partial charge >= 0.3 is 6.18 Å². The number of hydrogen-bond donors (Lipinski definition) is 1. The molecule has 6 heteroatoms. The van der Waals surface area contributed by atoms with Gasteiger partial charge in [0.05, 0.1) is 0 Å². The highest BCUT2D eigenvalue weighted by atomic mass is 35.5. The zero-order valence-electron chi connectivity index (χ0n) is 6.72. The zero-order chi connectivity index (χ0) is 10.8. The Morgan fingerprint density at radius 1 is 1.21 bits per heavy atom. The molecule has 2 nitrogen and oxygen atoms in total. The van der Waals surface area contributed by atoms with E-state index < -0.39 is 11.9 Å². The van der Waals surface area contributed by atoms with Crippen LogP contribution in [0.4, 0.5) is 13.2 Å². The Hall–Kier alpha value is -1.23. The van der Waals surface area contributed by atoms with Crippen molar-refractivity contribution in [1.29, 1.82) is 0 Å². The highest BCUT2D eigenvalue weighted by Gasteiger charge is 2.37. The molecule has 0 saturated carbocycles. The maximum absolute atomic E-state index is 12.2. The number of nitrogens with zero attached hydrogens (tertiary/aromatic N) is 1. The lowest BCUT2D eigenvalue weighted by molar-refractivity contribution is -0.0601. The molecule has 1 aromatic carbocycles. The van der Waals surface area contributed by atoms with Crippen LogP contribution in [0.25, 0.3) is 0 Å². The van der Waals surface area contributed by atoms with E-state index in [1.54, 1.807) is 0 Å². The van der Waals surface area contributed by atoms with Crippen LogP contribution in [0.3, 0.4) is 0 Å². The third-order valence-electron chi connectivity index (χ3n) is 1.49. The monoisotopic (exact) mass is 223 g/mol. The van der Waals surface area contributed by atoms with Crippen molar-refractivity contribution in [3.8, 4) is 0 Å². The van der Waals surface area contributed by atoms with Crippen molar-refractivity contribution in [3.05, 3.63) is 34.9 Å². The van der Waals surface area contributed by atoms with E-state index in [9.17, 15) is 13.2 Å². The Bertz CT molecular complexity index is 345. The molecule has 0 aliphatic rings. The molecular formula is C8H5ClF3NO. The van der Waals surface area contributed by atoms with E-state index >= 15 is 0 Å². The molecular weight excluding hydrogens is 219 g/mol. The molecule has 1 rings (SSSR count). The summed E-state index contributed by atoms with van der Waals surface area (Å²) in [7, 11) is 0. The molecule has 0 atom stereocenters. The second kappa shape index (κ2) is 3.88. The van der Waals surface area contributed by atoms with Crippen LogP contribution >= 0.6 is 11.6 Å². The van der Waals surface area contributed by atoms with Gasteiger partial charge in [0.25, 0.3) is 0 Å². The van der Waals surface area contributed by atoms with Gasteiger partial charge in [-0.05, 0) is 12.1 Å². The molecule has 0 aliphatic heterocycles. The summed E-state index contributed by atoms with van der Waals surface area (Å²) in [6.07, 6.45) is -4.68. The predicted molar refractivity (Wildman–Crippen MR) is 45.8 cm³/mol. The van der Waals surface area contributed by atoms with Crippen LogP contribution in [0.15, 0.2) is 29.4 Å². The Labute approximate surface area is 82.6 Å². The lowest BCUT2D eigenvalue weighted by atomic mass is 10.1. The van der Waals surface area contributed by atoms with Crippen LogP contribution in [-0.4, -0.2) is 17.1 Å².